The van der Waals surface area contributed by atoms with E-state index in [4.69, 9.17) is 5.73 Å². The standard InChI is InChI=1S/C8H6BrF3N2O3/c9-5-2-3(14(16)17)1-4(6(5)15)7(13)8(10,11)12/h1-2,7,15H,13H2/t7-/m0/s1. The zero-order chi connectivity index (χ0) is 13.4. The van der Waals surface area contributed by atoms with Gasteiger partial charge in [-0.25, -0.2) is 0 Å². The summed E-state index contributed by atoms with van der Waals surface area (Å²) >= 11 is 2.72. The molecule has 0 unspecified atom stereocenters. The van der Waals surface area contributed by atoms with Crippen molar-refractivity contribution in [3.63, 3.8) is 0 Å². The molecule has 0 saturated carbocycles. The third-order valence-corrected chi connectivity index (χ3v) is 2.58. The molecule has 0 fully saturated rings. The van der Waals surface area contributed by atoms with E-state index in [9.17, 15) is 28.4 Å². The van der Waals surface area contributed by atoms with E-state index in [1.54, 1.807) is 0 Å². The van der Waals surface area contributed by atoms with Gasteiger partial charge in [0.15, 0.2) is 0 Å². The number of halogens is 4. The third-order valence-electron chi connectivity index (χ3n) is 1.98. The summed E-state index contributed by atoms with van der Waals surface area (Å²) < 4.78 is 36.9. The molecule has 1 atom stereocenters. The summed E-state index contributed by atoms with van der Waals surface area (Å²) in [5, 5.41) is 19.9. The fourth-order valence-corrected chi connectivity index (χ4v) is 1.59. The smallest absolute Gasteiger partial charge is 0.407 e. The molecule has 3 N–H and O–H groups in total. The lowest BCUT2D eigenvalue weighted by Gasteiger charge is -2.17. The monoisotopic (exact) mass is 314 g/mol. The van der Waals surface area contributed by atoms with Crippen LogP contribution >= 0.6 is 15.9 Å². The summed E-state index contributed by atoms with van der Waals surface area (Å²) in [4.78, 5) is 9.59. The van der Waals surface area contributed by atoms with Gasteiger partial charge in [0, 0.05) is 17.7 Å². The maximum absolute atomic E-state index is 12.4. The third kappa shape index (κ3) is 2.86. The molecular weight excluding hydrogens is 309 g/mol. The average molecular weight is 315 g/mol. The molecule has 0 heterocycles. The first-order valence-electron chi connectivity index (χ1n) is 4.13. The second kappa shape index (κ2) is 4.49. The van der Waals surface area contributed by atoms with Gasteiger partial charge in [0.05, 0.1) is 9.40 Å². The Labute approximate surface area is 101 Å². The first-order valence-corrected chi connectivity index (χ1v) is 4.93. The maximum Gasteiger partial charge on any atom is 0.407 e. The van der Waals surface area contributed by atoms with Crippen LogP contribution < -0.4 is 5.73 Å². The van der Waals surface area contributed by atoms with Crippen LogP contribution in [0, 0.1) is 10.1 Å². The fraction of sp³-hybridized carbons (Fsp3) is 0.250. The second-order valence-electron chi connectivity index (χ2n) is 3.14. The van der Waals surface area contributed by atoms with Crippen LogP contribution in [-0.4, -0.2) is 16.2 Å². The Balaban J connectivity index is 3.37. The van der Waals surface area contributed by atoms with Crippen LogP contribution in [0.2, 0.25) is 0 Å². The van der Waals surface area contributed by atoms with Gasteiger partial charge < -0.3 is 10.8 Å². The number of nitro groups is 1. The molecule has 0 aliphatic carbocycles. The van der Waals surface area contributed by atoms with Gasteiger partial charge in [-0.3, -0.25) is 10.1 Å². The van der Waals surface area contributed by atoms with Crippen LogP contribution in [0.25, 0.3) is 0 Å². The Morgan fingerprint density at radius 1 is 1.47 bits per heavy atom. The van der Waals surface area contributed by atoms with E-state index in [2.05, 4.69) is 15.9 Å². The molecule has 0 amide bonds. The molecule has 0 radical (unpaired) electrons. The lowest BCUT2D eigenvalue weighted by atomic mass is 10.1. The Kier molecular flexibility index (Phi) is 3.62. The number of aromatic hydroxyl groups is 1. The van der Waals surface area contributed by atoms with E-state index >= 15 is 0 Å². The van der Waals surface area contributed by atoms with Crippen molar-refractivity contribution < 1.29 is 23.2 Å². The van der Waals surface area contributed by atoms with E-state index < -0.39 is 34.1 Å². The Bertz CT molecular complexity index is 464. The van der Waals surface area contributed by atoms with Crippen molar-refractivity contribution in [1.82, 2.24) is 0 Å². The molecule has 1 rings (SSSR count). The molecular formula is C8H6BrF3N2O3. The van der Waals surface area contributed by atoms with Gasteiger partial charge in [-0.1, -0.05) is 0 Å². The number of phenols is 1. The normalized spacial score (nSPS) is 13.5. The largest absolute Gasteiger partial charge is 0.506 e. The van der Waals surface area contributed by atoms with Crippen molar-refractivity contribution in [1.29, 1.82) is 0 Å². The minimum absolute atomic E-state index is 0.221. The van der Waals surface area contributed by atoms with E-state index in [0.29, 0.717) is 6.07 Å². The van der Waals surface area contributed by atoms with Gasteiger partial charge in [-0.05, 0) is 15.9 Å². The number of nitro benzene ring substituents is 1. The molecule has 0 aliphatic heterocycles. The van der Waals surface area contributed by atoms with E-state index in [-0.39, 0.29) is 4.47 Å². The molecule has 5 nitrogen and oxygen atoms in total. The van der Waals surface area contributed by atoms with Crippen molar-refractivity contribution in [2.45, 2.75) is 12.2 Å². The van der Waals surface area contributed by atoms with Crippen LogP contribution in [0.1, 0.15) is 11.6 Å². The number of nitrogens with two attached hydrogens (primary N) is 1. The Morgan fingerprint density at radius 3 is 2.41 bits per heavy atom. The van der Waals surface area contributed by atoms with Gasteiger partial charge in [0.25, 0.3) is 5.69 Å². The summed E-state index contributed by atoms with van der Waals surface area (Å²) in [5.74, 6) is -0.763. The summed E-state index contributed by atoms with van der Waals surface area (Å²) in [5.41, 5.74) is 3.54. The van der Waals surface area contributed by atoms with E-state index in [0.717, 1.165) is 6.07 Å². The number of benzene rings is 1. The lowest BCUT2D eigenvalue weighted by Crippen LogP contribution is -2.28. The van der Waals surface area contributed by atoms with Crippen LogP contribution in [-0.2, 0) is 0 Å². The van der Waals surface area contributed by atoms with Crippen molar-refractivity contribution in [3.8, 4) is 5.75 Å². The van der Waals surface area contributed by atoms with Crippen LogP contribution in [0.3, 0.4) is 0 Å². The minimum Gasteiger partial charge on any atom is -0.506 e. The predicted octanol–water partition coefficient (Wildman–Crippen LogP) is 2.63. The van der Waals surface area contributed by atoms with Crippen LogP contribution in [0.4, 0.5) is 18.9 Å². The highest BCUT2D eigenvalue weighted by atomic mass is 79.9. The maximum atomic E-state index is 12.4. The second-order valence-corrected chi connectivity index (χ2v) is 4.00. The molecule has 1 aromatic rings. The molecule has 9 heteroatoms. The summed E-state index contributed by atoms with van der Waals surface area (Å²) in [6.45, 7) is 0. The topological polar surface area (TPSA) is 89.4 Å². The molecule has 0 aliphatic rings. The fourth-order valence-electron chi connectivity index (χ4n) is 1.12. The van der Waals surface area contributed by atoms with Gasteiger partial charge in [0.2, 0.25) is 0 Å². The predicted molar refractivity (Wildman–Crippen MR) is 55.4 cm³/mol. The highest BCUT2D eigenvalue weighted by Crippen LogP contribution is 2.40. The van der Waals surface area contributed by atoms with Gasteiger partial charge >= 0.3 is 6.18 Å². The number of rotatable bonds is 2. The van der Waals surface area contributed by atoms with E-state index in [1.807, 2.05) is 0 Å². The first kappa shape index (κ1) is 13.7. The molecule has 17 heavy (non-hydrogen) atoms. The highest BCUT2D eigenvalue weighted by molar-refractivity contribution is 9.10. The van der Waals surface area contributed by atoms with Crippen molar-refractivity contribution in [2.75, 3.05) is 0 Å². The zero-order valence-electron chi connectivity index (χ0n) is 8.03. The number of nitrogens with zero attached hydrogens (tertiary/aromatic N) is 1. The molecule has 1 aromatic carbocycles. The van der Waals surface area contributed by atoms with Gasteiger partial charge in [-0.2, -0.15) is 13.2 Å². The van der Waals surface area contributed by atoms with Crippen LogP contribution in [0.5, 0.6) is 5.75 Å². The summed E-state index contributed by atoms with van der Waals surface area (Å²) in [6.07, 6.45) is -4.80. The quantitative estimate of drug-likeness (QED) is 0.648. The highest BCUT2D eigenvalue weighted by Gasteiger charge is 2.40. The molecule has 0 aromatic heterocycles. The van der Waals surface area contributed by atoms with Crippen molar-refractivity contribution >= 4 is 21.6 Å². The SMILES string of the molecule is N[C@@H](c1cc([N+](=O)[O-])cc(Br)c1O)C(F)(F)F. The number of non-ortho nitro benzene ring substituents is 1. The number of phenolic OH excluding ortho intramolecular Hbond substituents is 1. The summed E-state index contributed by atoms with van der Waals surface area (Å²) in [7, 11) is 0. The molecule has 0 bridgehead atoms. The first-order chi connectivity index (χ1) is 7.64. The molecule has 94 valence electrons. The van der Waals surface area contributed by atoms with Crippen LogP contribution in [0.15, 0.2) is 16.6 Å². The molecule has 0 spiro atoms. The number of alkyl halides is 3. The lowest BCUT2D eigenvalue weighted by molar-refractivity contribution is -0.385. The zero-order valence-corrected chi connectivity index (χ0v) is 9.62. The number of hydrogen-bond acceptors (Lipinski definition) is 4. The van der Waals surface area contributed by atoms with Crippen molar-refractivity contribution in [2.24, 2.45) is 5.73 Å². The molecule has 0 saturated heterocycles. The van der Waals surface area contributed by atoms with Gasteiger partial charge in [-0.15, -0.1) is 0 Å². The van der Waals surface area contributed by atoms with E-state index in [1.165, 1.54) is 0 Å². The van der Waals surface area contributed by atoms with Crippen molar-refractivity contribution in [3.05, 3.63) is 32.3 Å². The summed E-state index contributed by atoms with van der Waals surface area (Å²) in [6, 6.07) is -1.00. The van der Waals surface area contributed by atoms with Gasteiger partial charge in [0.1, 0.15) is 11.8 Å². The average Bonchev–Trinajstić information content (AvgIpc) is 2.19. The minimum atomic E-state index is -4.80. The number of hydrogen-bond donors (Lipinski definition) is 2. The Morgan fingerprint density at radius 2 is 2.00 bits per heavy atom. The Hall–Kier alpha value is -1.35.